The van der Waals surface area contributed by atoms with Crippen molar-refractivity contribution in [3.05, 3.63) is 59.7 Å². The van der Waals surface area contributed by atoms with E-state index in [0.717, 1.165) is 36.8 Å². The Hall–Kier alpha value is -1.74. The van der Waals surface area contributed by atoms with Crippen LogP contribution in [0.15, 0.2) is 58.3 Å². The van der Waals surface area contributed by atoms with Gasteiger partial charge in [-0.1, -0.05) is 140 Å². The van der Waals surface area contributed by atoms with Gasteiger partial charge in [0.25, 0.3) is 20.2 Å². The van der Waals surface area contributed by atoms with Crippen molar-refractivity contribution >= 4 is 20.2 Å². The Kier molecular flexibility index (Phi) is 19.1. The molecule has 6 nitrogen and oxygen atoms in total. The van der Waals surface area contributed by atoms with Crippen molar-refractivity contribution < 1.29 is 25.9 Å². The molecular formula is C32H52O6S2. The van der Waals surface area contributed by atoms with Crippen molar-refractivity contribution in [1.29, 1.82) is 0 Å². The highest BCUT2D eigenvalue weighted by Gasteiger charge is 2.14. The largest absolute Gasteiger partial charge is 0.294 e. The van der Waals surface area contributed by atoms with Crippen LogP contribution in [0.2, 0.25) is 0 Å². The van der Waals surface area contributed by atoms with E-state index in [1.165, 1.54) is 89.2 Å². The summed E-state index contributed by atoms with van der Waals surface area (Å²) in [6, 6.07) is 13.4. The number of unbranched alkanes of at least 4 members (excludes halogenated alkanes) is 14. The molecule has 2 aromatic rings. The zero-order valence-corrected chi connectivity index (χ0v) is 26.3. The summed E-state index contributed by atoms with van der Waals surface area (Å²) >= 11 is 0. The Morgan fingerprint density at radius 2 is 0.725 bits per heavy atom. The van der Waals surface area contributed by atoms with E-state index in [1.54, 1.807) is 24.3 Å². The van der Waals surface area contributed by atoms with Crippen LogP contribution in [0.5, 0.6) is 0 Å². The molecule has 228 valence electrons. The zero-order valence-electron chi connectivity index (χ0n) is 24.7. The molecule has 0 aliphatic carbocycles. The third-order valence-corrected chi connectivity index (χ3v) is 9.01. The molecule has 0 saturated carbocycles. The smallest absolute Gasteiger partial charge is 0.282 e. The minimum atomic E-state index is -4.09. The van der Waals surface area contributed by atoms with Crippen LogP contribution in [0.4, 0.5) is 0 Å². The summed E-state index contributed by atoms with van der Waals surface area (Å²) in [5.74, 6) is 0. The Morgan fingerprint density at radius 3 is 1.02 bits per heavy atom. The molecule has 0 aliphatic rings. The maximum Gasteiger partial charge on any atom is 0.294 e. The molecule has 0 unspecified atom stereocenters. The first-order valence-electron chi connectivity index (χ1n) is 15.2. The van der Waals surface area contributed by atoms with Crippen LogP contribution in [0.25, 0.3) is 0 Å². The van der Waals surface area contributed by atoms with E-state index in [0.29, 0.717) is 12.8 Å². The molecule has 0 radical (unpaired) electrons. The second kappa shape index (κ2) is 21.0. The molecule has 2 N–H and O–H groups in total. The molecular weight excluding hydrogens is 544 g/mol. The SMILES string of the molecule is CCCCCCCCCCc1ccccc1S(=O)(=O)O.CCCCCCCCCCc1ccccc1S(=O)(=O)O. The van der Waals surface area contributed by atoms with Gasteiger partial charge in [-0.15, -0.1) is 0 Å². The van der Waals surface area contributed by atoms with Crippen molar-refractivity contribution in [3.8, 4) is 0 Å². The fraction of sp³-hybridized carbons (Fsp3) is 0.625. The van der Waals surface area contributed by atoms with E-state index in [1.807, 2.05) is 12.1 Å². The Bertz CT molecular complexity index is 1050. The van der Waals surface area contributed by atoms with Gasteiger partial charge in [-0.25, -0.2) is 0 Å². The Labute approximate surface area is 244 Å². The topological polar surface area (TPSA) is 109 Å². The quantitative estimate of drug-likeness (QED) is 0.116. The second-order valence-electron chi connectivity index (χ2n) is 10.6. The average molecular weight is 597 g/mol. The van der Waals surface area contributed by atoms with Crippen molar-refractivity contribution in [2.24, 2.45) is 0 Å². The van der Waals surface area contributed by atoms with Crippen molar-refractivity contribution in [2.45, 2.75) is 139 Å². The van der Waals surface area contributed by atoms with Gasteiger partial charge < -0.3 is 0 Å². The lowest BCUT2D eigenvalue weighted by molar-refractivity contribution is 0.479. The first-order valence-corrected chi connectivity index (χ1v) is 18.1. The maximum absolute atomic E-state index is 11.2. The van der Waals surface area contributed by atoms with Crippen molar-refractivity contribution in [2.75, 3.05) is 0 Å². The van der Waals surface area contributed by atoms with Gasteiger partial charge >= 0.3 is 0 Å². The predicted molar refractivity (Wildman–Crippen MR) is 165 cm³/mol. The highest BCUT2D eigenvalue weighted by Crippen LogP contribution is 2.20. The fourth-order valence-electron chi connectivity index (χ4n) is 4.82. The van der Waals surface area contributed by atoms with Crippen LogP contribution in [-0.4, -0.2) is 25.9 Å². The number of hydrogen-bond donors (Lipinski definition) is 2. The highest BCUT2D eigenvalue weighted by molar-refractivity contribution is 7.86. The van der Waals surface area contributed by atoms with Gasteiger partial charge in [-0.05, 0) is 48.9 Å². The van der Waals surface area contributed by atoms with E-state index in [2.05, 4.69) is 13.8 Å². The summed E-state index contributed by atoms with van der Waals surface area (Å²) in [6.45, 7) is 4.43. The minimum Gasteiger partial charge on any atom is -0.282 e. The van der Waals surface area contributed by atoms with Crippen LogP contribution < -0.4 is 0 Å². The normalized spacial score (nSPS) is 11.7. The van der Waals surface area contributed by atoms with Crippen LogP contribution in [0, 0.1) is 0 Å². The summed E-state index contributed by atoms with van der Waals surface area (Å²) in [7, 11) is -8.18. The van der Waals surface area contributed by atoms with Crippen molar-refractivity contribution in [1.82, 2.24) is 0 Å². The number of benzene rings is 2. The third kappa shape index (κ3) is 16.5. The molecule has 0 bridgehead atoms. The molecule has 8 heteroatoms. The molecule has 0 spiro atoms. The monoisotopic (exact) mass is 596 g/mol. The Balaban J connectivity index is 0.000000400. The van der Waals surface area contributed by atoms with Crippen LogP contribution in [-0.2, 0) is 33.1 Å². The molecule has 0 fully saturated rings. The number of aryl methyl sites for hydroxylation is 2. The third-order valence-electron chi connectivity index (χ3n) is 7.10. The highest BCUT2D eigenvalue weighted by atomic mass is 32.2. The average Bonchev–Trinajstić information content (AvgIpc) is 2.91. The summed E-state index contributed by atoms with van der Waals surface area (Å²) in [5.41, 5.74) is 1.45. The summed E-state index contributed by atoms with van der Waals surface area (Å²) in [5, 5.41) is 0. The molecule has 0 saturated heterocycles. The van der Waals surface area contributed by atoms with Gasteiger partial charge in [-0.2, -0.15) is 16.8 Å². The zero-order chi connectivity index (χ0) is 29.7. The van der Waals surface area contributed by atoms with Crippen LogP contribution in [0.3, 0.4) is 0 Å². The first-order chi connectivity index (χ1) is 19.1. The van der Waals surface area contributed by atoms with Crippen molar-refractivity contribution in [3.63, 3.8) is 0 Å². The number of hydrogen-bond acceptors (Lipinski definition) is 4. The van der Waals surface area contributed by atoms with Gasteiger partial charge in [0.2, 0.25) is 0 Å². The van der Waals surface area contributed by atoms with Gasteiger partial charge in [-0.3, -0.25) is 9.11 Å². The molecule has 0 heterocycles. The van der Waals surface area contributed by atoms with E-state index in [4.69, 9.17) is 9.11 Å². The Morgan fingerprint density at radius 1 is 0.450 bits per heavy atom. The molecule has 0 atom stereocenters. The molecule has 0 aromatic heterocycles. The lowest BCUT2D eigenvalue weighted by Gasteiger charge is -2.06. The van der Waals surface area contributed by atoms with Gasteiger partial charge in [0.15, 0.2) is 0 Å². The van der Waals surface area contributed by atoms with Gasteiger partial charge in [0.05, 0.1) is 9.79 Å². The van der Waals surface area contributed by atoms with E-state index in [-0.39, 0.29) is 9.79 Å². The van der Waals surface area contributed by atoms with E-state index in [9.17, 15) is 16.8 Å². The lowest BCUT2D eigenvalue weighted by Crippen LogP contribution is -2.03. The summed E-state index contributed by atoms with van der Waals surface area (Å²) in [4.78, 5) is 0.117. The second-order valence-corrected chi connectivity index (χ2v) is 13.4. The van der Waals surface area contributed by atoms with E-state index < -0.39 is 20.2 Å². The molecule has 0 aliphatic heterocycles. The minimum absolute atomic E-state index is 0.0583. The molecule has 0 amide bonds. The molecule has 2 aromatic carbocycles. The van der Waals surface area contributed by atoms with Crippen LogP contribution >= 0.6 is 0 Å². The van der Waals surface area contributed by atoms with E-state index >= 15 is 0 Å². The van der Waals surface area contributed by atoms with Crippen LogP contribution in [0.1, 0.15) is 128 Å². The first kappa shape index (κ1) is 36.3. The maximum atomic E-state index is 11.2. The van der Waals surface area contributed by atoms with Gasteiger partial charge in [0.1, 0.15) is 0 Å². The lowest BCUT2D eigenvalue weighted by atomic mass is 10.0. The molecule has 40 heavy (non-hydrogen) atoms. The fourth-order valence-corrected chi connectivity index (χ4v) is 6.33. The predicted octanol–water partition coefficient (Wildman–Crippen LogP) is 9.23. The summed E-state index contributed by atoms with van der Waals surface area (Å²) < 4.78 is 63.3. The summed E-state index contributed by atoms with van der Waals surface area (Å²) in [6.07, 6.45) is 21.0. The molecule has 2 rings (SSSR count). The standard InChI is InChI=1S/2C16H26O3S/c2*1-2-3-4-5-6-7-8-9-12-15-13-10-11-14-16(15)20(17,18)19/h2*10-11,13-14H,2-9,12H2,1H3,(H,17,18,19). The van der Waals surface area contributed by atoms with Gasteiger partial charge in [0, 0.05) is 0 Å². The number of rotatable bonds is 20.